The van der Waals surface area contributed by atoms with Crippen LogP contribution in [0.5, 0.6) is 0 Å². The predicted octanol–water partition coefficient (Wildman–Crippen LogP) is 3.27. The fourth-order valence-electron chi connectivity index (χ4n) is 2.59. The topological polar surface area (TPSA) is 68.3 Å². The highest BCUT2D eigenvalue weighted by molar-refractivity contribution is 5.71. The minimum absolute atomic E-state index is 0.0338. The summed E-state index contributed by atoms with van der Waals surface area (Å²) in [6.07, 6.45) is -0.126. The monoisotopic (exact) mass is 358 g/mol. The Bertz CT molecular complexity index is 467. The summed E-state index contributed by atoms with van der Waals surface area (Å²) in [5.74, 6) is 0. The summed E-state index contributed by atoms with van der Waals surface area (Å²) >= 11 is 0. The Balaban J connectivity index is 2.84. The fourth-order valence-corrected chi connectivity index (χ4v) is 2.59. The number of hydrogen-bond acceptors (Lipinski definition) is 5. The first-order valence-corrected chi connectivity index (χ1v) is 8.82. The fraction of sp³-hybridized carbons (Fsp3) is 0.889. The van der Waals surface area contributed by atoms with E-state index in [1.54, 1.807) is 16.9 Å². The lowest BCUT2D eigenvalue weighted by molar-refractivity contribution is -0.0236. The van der Waals surface area contributed by atoms with Crippen LogP contribution >= 0.6 is 0 Å². The van der Waals surface area contributed by atoms with Gasteiger partial charge in [-0.1, -0.05) is 0 Å². The lowest BCUT2D eigenvalue weighted by atomic mass is 10.1. The van der Waals surface area contributed by atoms with Crippen LogP contribution in [-0.2, 0) is 14.2 Å². The lowest BCUT2D eigenvalue weighted by Crippen LogP contribution is -2.58. The molecule has 0 aromatic rings. The second-order valence-electron chi connectivity index (χ2n) is 8.54. The molecule has 0 spiro atoms. The highest BCUT2D eigenvalue weighted by atomic mass is 16.6. The quantitative estimate of drug-likeness (QED) is 0.774. The first-order chi connectivity index (χ1) is 11.3. The molecule has 0 bridgehead atoms. The highest BCUT2D eigenvalue weighted by Crippen LogP contribution is 2.21. The molecule has 1 rings (SSSR count). The van der Waals surface area contributed by atoms with Crippen molar-refractivity contribution in [2.75, 3.05) is 26.7 Å². The van der Waals surface area contributed by atoms with Gasteiger partial charge in [0, 0.05) is 26.7 Å². The molecule has 0 aromatic heterocycles. The largest absolute Gasteiger partial charge is 0.444 e. The van der Waals surface area contributed by atoms with E-state index in [1.165, 1.54) is 0 Å². The molecule has 0 N–H and O–H groups in total. The second-order valence-corrected chi connectivity index (χ2v) is 8.54. The Hall–Kier alpha value is -1.50. The maximum atomic E-state index is 12.5. The van der Waals surface area contributed by atoms with Crippen molar-refractivity contribution in [3.63, 3.8) is 0 Å². The average Bonchev–Trinajstić information content (AvgIpc) is 2.43. The Kier molecular flexibility index (Phi) is 7.11. The van der Waals surface area contributed by atoms with Crippen molar-refractivity contribution in [1.29, 1.82) is 0 Å². The molecule has 2 amide bonds. The van der Waals surface area contributed by atoms with Gasteiger partial charge in [0.25, 0.3) is 0 Å². The molecule has 0 aliphatic carbocycles. The van der Waals surface area contributed by atoms with Crippen molar-refractivity contribution in [2.24, 2.45) is 0 Å². The lowest BCUT2D eigenvalue weighted by Gasteiger charge is -2.42. The zero-order chi connectivity index (χ0) is 19.4. The second kappa shape index (κ2) is 8.25. The van der Waals surface area contributed by atoms with E-state index in [-0.39, 0.29) is 24.3 Å². The van der Waals surface area contributed by atoms with Gasteiger partial charge in [0.05, 0.1) is 12.1 Å². The molecule has 25 heavy (non-hydrogen) atoms. The summed E-state index contributed by atoms with van der Waals surface area (Å²) in [6.45, 7) is 14.2. The van der Waals surface area contributed by atoms with Crippen LogP contribution in [0.1, 0.15) is 54.9 Å². The van der Waals surface area contributed by atoms with E-state index >= 15 is 0 Å². The molecular formula is C18H34N2O5. The highest BCUT2D eigenvalue weighted by Gasteiger charge is 2.36. The molecule has 0 radical (unpaired) electrons. The van der Waals surface area contributed by atoms with Crippen LogP contribution in [0.25, 0.3) is 0 Å². The van der Waals surface area contributed by atoms with E-state index in [0.29, 0.717) is 26.1 Å². The minimum atomic E-state index is -0.559. The van der Waals surface area contributed by atoms with Gasteiger partial charge in [-0.25, -0.2) is 9.59 Å². The summed E-state index contributed by atoms with van der Waals surface area (Å²) in [7, 11) is 1.64. The maximum absolute atomic E-state index is 12.5. The van der Waals surface area contributed by atoms with E-state index in [1.807, 2.05) is 48.5 Å². The number of methoxy groups -OCH3 is 1. The Morgan fingerprint density at radius 3 is 2.00 bits per heavy atom. The van der Waals surface area contributed by atoms with Gasteiger partial charge < -0.3 is 24.0 Å². The number of piperazine rings is 1. The predicted molar refractivity (Wildman–Crippen MR) is 95.6 cm³/mol. The average molecular weight is 358 g/mol. The van der Waals surface area contributed by atoms with Crippen molar-refractivity contribution in [3.8, 4) is 0 Å². The number of carbonyl (C=O) groups is 2. The zero-order valence-corrected chi connectivity index (χ0v) is 16.9. The first-order valence-electron chi connectivity index (χ1n) is 8.82. The number of amides is 2. The van der Waals surface area contributed by atoms with E-state index < -0.39 is 11.2 Å². The van der Waals surface area contributed by atoms with Gasteiger partial charge in [-0.3, -0.25) is 0 Å². The normalized spacial score (nSPS) is 20.2. The number of hydrogen-bond donors (Lipinski definition) is 0. The zero-order valence-electron chi connectivity index (χ0n) is 16.9. The Labute approximate surface area is 151 Å². The first kappa shape index (κ1) is 21.5. The summed E-state index contributed by atoms with van der Waals surface area (Å²) in [5, 5.41) is 0. The Morgan fingerprint density at radius 1 is 1.00 bits per heavy atom. The van der Waals surface area contributed by atoms with Crippen LogP contribution < -0.4 is 0 Å². The molecule has 1 aliphatic heterocycles. The maximum Gasteiger partial charge on any atom is 0.410 e. The van der Waals surface area contributed by atoms with Gasteiger partial charge in [0.1, 0.15) is 11.2 Å². The molecular weight excluding hydrogens is 324 g/mol. The number of ether oxygens (including phenoxy) is 3. The van der Waals surface area contributed by atoms with Crippen molar-refractivity contribution in [3.05, 3.63) is 0 Å². The molecule has 146 valence electrons. The number of carbonyl (C=O) groups excluding carboxylic acids is 2. The van der Waals surface area contributed by atoms with Crippen molar-refractivity contribution >= 4 is 12.2 Å². The molecule has 0 unspecified atom stereocenters. The van der Waals surface area contributed by atoms with Crippen molar-refractivity contribution < 1.29 is 23.8 Å². The molecule has 1 aliphatic rings. The third-order valence-electron chi connectivity index (χ3n) is 3.77. The molecule has 7 nitrogen and oxygen atoms in total. The third-order valence-corrected chi connectivity index (χ3v) is 3.77. The van der Waals surface area contributed by atoms with Crippen molar-refractivity contribution in [2.45, 2.75) is 78.2 Å². The molecule has 0 saturated carbocycles. The Morgan fingerprint density at radius 2 is 1.52 bits per heavy atom. The molecule has 0 aromatic carbocycles. The van der Waals surface area contributed by atoms with E-state index in [4.69, 9.17) is 14.2 Å². The van der Waals surface area contributed by atoms with Crippen LogP contribution in [-0.4, -0.2) is 72.1 Å². The van der Waals surface area contributed by atoms with E-state index in [2.05, 4.69) is 0 Å². The number of rotatable bonds is 3. The van der Waals surface area contributed by atoms with Gasteiger partial charge in [0.15, 0.2) is 0 Å². The van der Waals surface area contributed by atoms with Crippen LogP contribution in [0.3, 0.4) is 0 Å². The van der Waals surface area contributed by atoms with Gasteiger partial charge >= 0.3 is 12.2 Å². The number of nitrogens with zero attached hydrogens (tertiary/aromatic N) is 2. The van der Waals surface area contributed by atoms with Gasteiger partial charge in [-0.05, 0) is 54.9 Å². The van der Waals surface area contributed by atoms with Crippen LogP contribution in [0.15, 0.2) is 0 Å². The molecule has 1 saturated heterocycles. The summed E-state index contributed by atoms with van der Waals surface area (Å²) in [4.78, 5) is 28.2. The minimum Gasteiger partial charge on any atom is -0.444 e. The van der Waals surface area contributed by atoms with E-state index in [9.17, 15) is 9.59 Å². The van der Waals surface area contributed by atoms with Crippen LogP contribution in [0.2, 0.25) is 0 Å². The van der Waals surface area contributed by atoms with Crippen LogP contribution in [0, 0.1) is 0 Å². The SMILES string of the molecule is CO[C@@H](C)C[C@@H]1CN(C(=O)OC(C)(C)C)CCN1C(=O)OC(C)(C)C. The third kappa shape index (κ3) is 7.50. The van der Waals surface area contributed by atoms with Crippen molar-refractivity contribution in [1.82, 2.24) is 9.80 Å². The molecule has 7 heteroatoms. The van der Waals surface area contributed by atoms with Gasteiger partial charge in [-0.15, -0.1) is 0 Å². The summed E-state index contributed by atoms with van der Waals surface area (Å²) in [6, 6.07) is -0.175. The molecule has 1 fully saturated rings. The summed E-state index contributed by atoms with van der Waals surface area (Å²) in [5.41, 5.74) is -1.11. The van der Waals surface area contributed by atoms with Gasteiger partial charge in [-0.2, -0.15) is 0 Å². The van der Waals surface area contributed by atoms with Crippen LogP contribution in [0.4, 0.5) is 9.59 Å². The molecule has 1 heterocycles. The smallest absolute Gasteiger partial charge is 0.410 e. The van der Waals surface area contributed by atoms with E-state index in [0.717, 1.165) is 0 Å². The summed E-state index contributed by atoms with van der Waals surface area (Å²) < 4.78 is 16.3. The van der Waals surface area contributed by atoms with Gasteiger partial charge in [0.2, 0.25) is 0 Å². The standard InChI is InChI=1S/C18H34N2O5/c1-13(23-8)11-14-12-19(15(21)24-17(2,3)4)9-10-20(14)16(22)25-18(5,6)7/h13-14H,9-12H2,1-8H3/t13-,14+/m0/s1. The molecule has 2 atom stereocenters.